The third-order valence-electron chi connectivity index (χ3n) is 2.14. The van der Waals surface area contributed by atoms with Gasteiger partial charge < -0.3 is 15.7 Å². The minimum Gasteiger partial charge on any atom is -0.480 e. The fraction of sp³-hybridized carbons (Fsp3) is 0.154. The number of carboxylic acid groups (broad SMARTS) is 1. The Hall–Kier alpha value is -2.70. The van der Waals surface area contributed by atoms with Crippen molar-refractivity contribution >= 4 is 23.9 Å². The van der Waals surface area contributed by atoms with Crippen LogP contribution < -0.4 is 10.6 Å². The maximum Gasteiger partial charge on any atom is 0.322 e. The lowest BCUT2D eigenvalue weighted by atomic mass is 10.2. The number of hydrogen-bond donors (Lipinski definition) is 3. The molecular formula is C13H13FN2O4. The molecule has 0 atom stereocenters. The average Bonchev–Trinajstić information content (AvgIpc) is 2.40. The highest BCUT2D eigenvalue weighted by molar-refractivity contribution is 5.94. The molecule has 0 aliphatic carbocycles. The second kappa shape index (κ2) is 7.67. The molecule has 2 amide bonds. The number of carbonyl (C=O) groups is 3. The van der Waals surface area contributed by atoms with Crippen LogP contribution in [-0.4, -0.2) is 36.0 Å². The van der Waals surface area contributed by atoms with Crippen LogP contribution in [0.4, 0.5) is 4.39 Å². The molecule has 0 aliphatic heterocycles. The van der Waals surface area contributed by atoms with Gasteiger partial charge in [-0.15, -0.1) is 0 Å². The van der Waals surface area contributed by atoms with Crippen molar-refractivity contribution in [3.05, 3.63) is 41.7 Å². The summed E-state index contributed by atoms with van der Waals surface area (Å²) in [6.45, 7) is -0.840. The van der Waals surface area contributed by atoms with E-state index in [1.165, 1.54) is 24.3 Å². The quantitative estimate of drug-likeness (QED) is 0.647. The third kappa shape index (κ3) is 6.29. The van der Waals surface area contributed by atoms with Gasteiger partial charge in [-0.2, -0.15) is 0 Å². The van der Waals surface area contributed by atoms with Gasteiger partial charge >= 0.3 is 5.97 Å². The number of benzene rings is 1. The summed E-state index contributed by atoms with van der Waals surface area (Å²) < 4.78 is 12.9. The highest BCUT2D eigenvalue weighted by Gasteiger charge is 2.04. The summed E-state index contributed by atoms with van der Waals surface area (Å²) in [5.74, 6) is -2.74. The van der Waals surface area contributed by atoms with Crippen molar-refractivity contribution in [3.63, 3.8) is 0 Å². The second-order valence-corrected chi connectivity index (χ2v) is 3.78. The van der Waals surface area contributed by atoms with Gasteiger partial charge in [0.15, 0.2) is 0 Å². The first-order valence-corrected chi connectivity index (χ1v) is 5.67. The number of halogens is 1. The Labute approximate surface area is 114 Å². The van der Waals surface area contributed by atoms with Crippen LogP contribution in [-0.2, 0) is 14.4 Å². The van der Waals surface area contributed by atoms with Crippen molar-refractivity contribution in [2.45, 2.75) is 0 Å². The van der Waals surface area contributed by atoms with Crippen LogP contribution in [0, 0.1) is 5.82 Å². The molecule has 0 radical (unpaired) electrons. The smallest absolute Gasteiger partial charge is 0.322 e. The molecule has 106 valence electrons. The molecule has 6 nitrogen and oxygen atoms in total. The van der Waals surface area contributed by atoms with E-state index >= 15 is 0 Å². The summed E-state index contributed by atoms with van der Waals surface area (Å²) >= 11 is 0. The number of hydrogen-bond acceptors (Lipinski definition) is 3. The van der Waals surface area contributed by atoms with Gasteiger partial charge in [0.05, 0.1) is 6.54 Å². The van der Waals surface area contributed by atoms with Gasteiger partial charge in [0, 0.05) is 6.08 Å². The van der Waals surface area contributed by atoms with E-state index in [0.29, 0.717) is 5.56 Å². The zero-order valence-corrected chi connectivity index (χ0v) is 10.4. The number of amides is 2. The fourth-order valence-corrected chi connectivity index (χ4v) is 1.25. The maximum absolute atomic E-state index is 12.9. The Balaban J connectivity index is 2.36. The molecule has 1 aromatic rings. The zero-order valence-electron chi connectivity index (χ0n) is 10.4. The molecule has 1 rings (SSSR count). The van der Waals surface area contributed by atoms with E-state index in [9.17, 15) is 18.8 Å². The Morgan fingerprint density at radius 1 is 1.20 bits per heavy atom. The molecule has 0 unspecified atom stereocenters. The number of carbonyl (C=O) groups excluding carboxylic acids is 2. The predicted molar refractivity (Wildman–Crippen MR) is 69.1 cm³/mol. The van der Waals surface area contributed by atoms with Crippen molar-refractivity contribution in [1.29, 1.82) is 0 Å². The summed E-state index contributed by atoms with van der Waals surface area (Å²) in [5.41, 5.74) is 0.510. The first kappa shape index (κ1) is 15.4. The monoisotopic (exact) mass is 280 g/mol. The first-order chi connectivity index (χ1) is 9.47. The van der Waals surface area contributed by atoms with E-state index in [0.717, 1.165) is 6.08 Å². The van der Waals surface area contributed by atoms with Gasteiger partial charge in [-0.05, 0) is 23.8 Å². The molecule has 0 spiro atoms. The highest BCUT2D eigenvalue weighted by Crippen LogP contribution is 2.04. The predicted octanol–water partition coefficient (Wildman–Crippen LogP) is 0.156. The molecule has 0 aliphatic rings. The lowest BCUT2D eigenvalue weighted by Crippen LogP contribution is -2.38. The number of rotatable bonds is 6. The van der Waals surface area contributed by atoms with Crippen LogP contribution in [0.5, 0.6) is 0 Å². The van der Waals surface area contributed by atoms with Gasteiger partial charge in [-0.1, -0.05) is 12.1 Å². The van der Waals surface area contributed by atoms with Crippen molar-refractivity contribution < 1.29 is 23.9 Å². The minimum atomic E-state index is -1.17. The SMILES string of the molecule is O=C(O)CNC(=O)CNC(=O)/C=C/c1cccc(F)c1. The summed E-state index contributed by atoms with van der Waals surface area (Å²) in [6.07, 6.45) is 2.55. The van der Waals surface area contributed by atoms with Gasteiger partial charge in [0.1, 0.15) is 12.4 Å². The lowest BCUT2D eigenvalue weighted by Gasteiger charge is -2.02. The van der Waals surface area contributed by atoms with Crippen molar-refractivity contribution in [2.75, 3.05) is 13.1 Å². The maximum atomic E-state index is 12.9. The molecule has 20 heavy (non-hydrogen) atoms. The molecule has 0 aromatic heterocycles. The normalized spacial score (nSPS) is 10.2. The van der Waals surface area contributed by atoms with Crippen molar-refractivity contribution in [1.82, 2.24) is 10.6 Å². The van der Waals surface area contributed by atoms with E-state index in [1.807, 2.05) is 0 Å². The number of carboxylic acids is 1. The second-order valence-electron chi connectivity index (χ2n) is 3.78. The Morgan fingerprint density at radius 2 is 1.95 bits per heavy atom. The van der Waals surface area contributed by atoms with E-state index < -0.39 is 30.1 Å². The number of nitrogens with one attached hydrogen (secondary N) is 2. The molecule has 0 heterocycles. The molecule has 7 heteroatoms. The third-order valence-corrected chi connectivity index (χ3v) is 2.14. The average molecular weight is 280 g/mol. The number of aliphatic carboxylic acids is 1. The van der Waals surface area contributed by atoms with Crippen LogP contribution in [0.15, 0.2) is 30.3 Å². The van der Waals surface area contributed by atoms with Crippen LogP contribution in [0.1, 0.15) is 5.56 Å². The Bertz CT molecular complexity index is 543. The summed E-state index contributed by atoms with van der Waals surface area (Å²) in [5, 5.41) is 12.7. The largest absolute Gasteiger partial charge is 0.480 e. The van der Waals surface area contributed by atoms with Gasteiger partial charge in [-0.25, -0.2) is 4.39 Å². The summed E-state index contributed by atoms with van der Waals surface area (Å²) in [6, 6.07) is 5.66. The van der Waals surface area contributed by atoms with Crippen molar-refractivity contribution in [2.24, 2.45) is 0 Å². The molecular weight excluding hydrogens is 267 g/mol. The van der Waals surface area contributed by atoms with Crippen LogP contribution >= 0.6 is 0 Å². The standard InChI is InChI=1S/C13H13FN2O4/c14-10-3-1-2-9(6-10)4-5-11(17)15-7-12(18)16-8-13(19)20/h1-6H,7-8H2,(H,15,17)(H,16,18)(H,19,20)/b5-4+. The van der Waals surface area contributed by atoms with Gasteiger partial charge in [0.2, 0.25) is 11.8 Å². The van der Waals surface area contributed by atoms with Crippen molar-refractivity contribution in [3.8, 4) is 0 Å². The molecule has 3 N–H and O–H groups in total. The van der Waals surface area contributed by atoms with Gasteiger partial charge in [0.25, 0.3) is 0 Å². The summed E-state index contributed by atoms with van der Waals surface area (Å²) in [4.78, 5) is 32.6. The molecule has 0 saturated heterocycles. The van der Waals surface area contributed by atoms with E-state index in [4.69, 9.17) is 5.11 Å². The highest BCUT2D eigenvalue weighted by atomic mass is 19.1. The Kier molecular flexibility index (Phi) is 5.89. The first-order valence-electron chi connectivity index (χ1n) is 5.67. The van der Waals surface area contributed by atoms with Crippen LogP contribution in [0.2, 0.25) is 0 Å². The van der Waals surface area contributed by atoms with Gasteiger partial charge in [-0.3, -0.25) is 14.4 Å². The molecule has 1 aromatic carbocycles. The fourth-order valence-electron chi connectivity index (χ4n) is 1.25. The lowest BCUT2D eigenvalue weighted by molar-refractivity contribution is -0.137. The van der Waals surface area contributed by atoms with E-state index in [1.54, 1.807) is 6.07 Å². The zero-order chi connectivity index (χ0) is 15.0. The van der Waals surface area contributed by atoms with Crippen LogP contribution in [0.25, 0.3) is 6.08 Å². The topological polar surface area (TPSA) is 95.5 Å². The van der Waals surface area contributed by atoms with Crippen LogP contribution in [0.3, 0.4) is 0 Å². The van der Waals surface area contributed by atoms with E-state index in [2.05, 4.69) is 10.6 Å². The molecule has 0 saturated carbocycles. The van der Waals surface area contributed by atoms with E-state index in [-0.39, 0.29) is 6.54 Å². The molecule has 0 bridgehead atoms. The molecule has 0 fully saturated rings. The Morgan fingerprint density at radius 3 is 2.60 bits per heavy atom. The summed E-state index contributed by atoms with van der Waals surface area (Å²) in [7, 11) is 0. The minimum absolute atomic E-state index is 0.334.